The third-order valence-corrected chi connectivity index (χ3v) is 3.02. The zero-order chi connectivity index (χ0) is 12.8. The lowest BCUT2D eigenvalue weighted by Crippen LogP contribution is -2.42. The summed E-state index contributed by atoms with van der Waals surface area (Å²) >= 11 is 0. The fraction of sp³-hybridized carbons (Fsp3) is 0.357. The van der Waals surface area contributed by atoms with E-state index in [1.807, 2.05) is 30.3 Å². The molecule has 2 atom stereocenters. The summed E-state index contributed by atoms with van der Waals surface area (Å²) in [4.78, 5) is 11.8. The van der Waals surface area contributed by atoms with Gasteiger partial charge < -0.3 is 15.4 Å². The Morgan fingerprint density at radius 2 is 2.17 bits per heavy atom. The SMILES string of the molecule is CO[C@@H]1CNCC1NC(=O)/C=C/c1ccccc1. The van der Waals surface area contributed by atoms with E-state index >= 15 is 0 Å². The highest BCUT2D eigenvalue weighted by Crippen LogP contribution is 2.04. The van der Waals surface area contributed by atoms with Crippen molar-refractivity contribution < 1.29 is 9.53 Å². The molecule has 1 fully saturated rings. The molecule has 0 spiro atoms. The van der Waals surface area contributed by atoms with Crippen molar-refractivity contribution in [1.29, 1.82) is 0 Å². The average Bonchev–Trinajstić information content (AvgIpc) is 2.85. The Hall–Kier alpha value is -1.65. The zero-order valence-electron chi connectivity index (χ0n) is 10.4. The molecular formula is C14H18N2O2. The number of benzene rings is 1. The van der Waals surface area contributed by atoms with E-state index in [1.54, 1.807) is 19.3 Å². The summed E-state index contributed by atoms with van der Waals surface area (Å²) in [5.74, 6) is -0.0883. The quantitative estimate of drug-likeness (QED) is 0.773. The Balaban J connectivity index is 1.87. The topological polar surface area (TPSA) is 50.4 Å². The third kappa shape index (κ3) is 3.42. The molecule has 1 aliphatic heterocycles. The summed E-state index contributed by atoms with van der Waals surface area (Å²) in [5, 5.41) is 6.13. The fourth-order valence-corrected chi connectivity index (χ4v) is 2.01. The number of carbonyl (C=O) groups is 1. The summed E-state index contributed by atoms with van der Waals surface area (Å²) < 4.78 is 5.29. The van der Waals surface area contributed by atoms with Crippen LogP contribution in [-0.4, -0.2) is 38.3 Å². The van der Waals surface area contributed by atoms with E-state index in [2.05, 4.69) is 10.6 Å². The molecule has 4 heteroatoms. The van der Waals surface area contributed by atoms with E-state index < -0.39 is 0 Å². The van der Waals surface area contributed by atoms with Gasteiger partial charge in [0.05, 0.1) is 12.1 Å². The monoisotopic (exact) mass is 246 g/mol. The molecule has 4 nitrogen and oxygen atoms in total. The van der Waals surface area contributed by atoms with Crippen LogP contribution in [0.2, 0.25) is 0 Å². The third-order valence-electron chi connectivity index (χ3n) is 3.02. The number of nitrogens with one attached hydrogen (secondary N) is 2. The molecule has 0 radical (unpaired) electrons. The Morgan fingerprint density at radius 3 is 2.89 bits per heavy atom. The van der Waals surface area contributed by atoms with Gasteiger partial charge in [0.1, 0.15) is 0 Å². The van der Waals surface area contributed by atoms with Gasteiger partial charge in [-0.15, -0.1) is 0 Å². The van der Waals surface area contributed by atoms with E-state index in [9.17, 15) is 4.79 Å². The highest BCUT2D eigenvalue weighted by atomic mass is 16.5. The molecule has 0 aliphatic carbocycles. The van der Waals surface area contributed by atoms with Gasteiger partial charge in [0.25, 0.3) is 0 Å². The fourth-order valence-electron chi connectivity index (χ4n) is 2.01. The van der Waals surface area contributed by atoms with Crippen molar-refractivity contribution >= 4 is 12.0 Å². The second-order valence-electron chi connectivity index (χ2n) is 4.29. The minimum absolute atomic E-state index is 0.0444. The number of carbonyl (C=O) groups excluding carboxylic acids is 1. The molecule has 1 unspecified atom stereocenters. The van der Waals surface area contributed by atoms with Crippen LogP contribution >= 0.6 is 0 Å². The van der Waals surface area contributed by atoms with Crippen molar-refractivity contribution in [3.63, 3.8) is 0 Å². The lowest BCUT2D eigenvalue weighted by Gasteiger charge is -2.17. The van der Waals surface area contributed by atoms with Crippen molar-refractivity contribution in [2.75, 3.05) is 20.2 Å². The maximum Gasteiger partial charge on any atom is 0.244 e. The largest absolute Gasteiger partial charge is 0.378 e. The van der Waals surface area contributed by atoms with Crippen LogP contribution in [0.1, 0.15) is 5.56 Å². The van der Waals surface area contributed by atoms with E-state index in [0.717, 1.165) is 18.7 Å². The van der Waals surface area contributed by atoms with Crippen molar-refractivity contribution in [3.8, 4) is 0 Å². The first kappa shape index (κ1) is 12.8. The lowest BCUT2D eigenvalue weighted by molar-refractivity contribution is -0.117. The second kappa shape index (κ2) is 6.33. The van der Waals surface area contributed by atoms with Crippen LogP contribution in [0.25, 0.3) is 6.08 Å². The van der Waals surface area contributed by atoms with E-state index in [4.69, 9.17) is 4.74 Å². The molecule has 2 rings (SSSR count). The molecule has 0 aromatic heterocycles. The van der Waals surface area contributed by atoms with Gasteiger partial charge in [0.15, 0.2) is 0 Å². The number of methoxy groups -OCH3 is 1. The Morgan fingerprint density at radius 1 is 1.39 bits per heavy atom. The van der Waals surface area contributed by atoms with Gasteiger partial charge in [-0.25, -0.2) is 0 Å². The molecule has 2 N–H and O–H groups in total. The molecule has 0 saturated carbocycles. The Labute approximate surface area is 107 Å². The van der Waals surface area contributed by atoms with E-state index in [1.165, 1.54) is 0 Å². The van der Waals surface area contributed by atoms with Gasteiger partial charge in [-0.3, -0.25) is 4.79 Å². The number of rotatable bonds is 4. The number of ether oxygens (including phenoxy) is 1. The van der Waals surface area contributed by atoms with Crippen LogP contribution < -0.4 is 10.6 Å². The first-order valence-electron chi connectivity index (χ1n) is 6.07. The minimum atomic E-state index is -0.0883. The molecule has 1 aromatic carbocycles. The number of hydrogen-bond acceptors (Lipinski definition) is 3. The predicted molar refractivity (Wildman–Crippen MR) is 71.1 cm³/mol. The lowest BCUT2D eigenvalue weighted by atomic mass is 10.2. The maximum atomic E-state index is 11.8. The van der Waals surface area contributed by atoms with Gasteiger partial charge in [0, 0.05) is 26.3 Å². The smallest absolute Gasteiger partial charge is 0.244 e. The van der Waals surface area contributed by atoms with Crippen LogP contribution in [0, 0.1) is 0 Å². The number of amides is 1. The summed E-state index contributed by atoms with van der Waals surface area (Å²) in [5.41, 5.74) is 1.01. The van der Waals surface area contributed by atoms with Crippen LogP contribution in [0.15, 0.2) is 36.4 Å². The normalized spacial score (nSPS) is 23.4. The predicted octanol–water partition coefficient (Wildman–Crippen LogP) is 0.803. The molecule has 1 aromatic rings. The highest BCUT2D eigenvalue weighted by Gasteiger charge is 2.27. The number of hydrogen-bond donors (Lipinski definition) is 2. The maximum absolute atomic E-state index is 11.8. The van der Waals surface area contributed by atoms with Gasteiger partial charge in [-0.1, -0.05) is 30.3 Å². The van der Waals surface area contributed by atoms with Crippen molar-refractivity contribution in [3.05, 3.63) is 42.0 Å². The summed E-state index contributed by atoms with van der Waals surface area (Å²) in [6.07, 6.45) is 3.42. The molecule has 1 amide bonds. The summed E-state index contributed by atoms with van der Waals surface area (Å²) in [7, 11) is 1.66. The second-order valence-corrected chi connectivity index (χ2v) is 4.29. The van der Waals surface area contributed by atoms with Crippen molar-refractivity contribution in [2.24, 2.45) is 0 Å². The van der Waals surface area contributed by atoms with Crippen LogP contribution in [-0.2, 0) is 9.53 Å². The summed E-state index contributed by atoms with van der Waals surface area (Å²) in [6.45, 7) is 1.53. The van der Waals surface area contributed by atoms with Crippen LogP contribution in [0.5, 0.6) is 0 Å². The molecule has 1 heterocycles. The van der Waals surface area contributed by atoms with E-state index in [0.29, 0.717) is 0 Å². The van der Waals surface area contributed by atoms with Crippen molar-refractivity contribution in [2.45, 2.75) is 12.1 Å². The molecule has 1 aliphatic rings. The molecule has 1 saturated heterocycles. The standard InChI is InChI=1S/C14H18N2O2/c1-18-13-10-15-9-12(13)16-14(17)8-7-11-5-3-2-4-6-11/h2-8,12-13,15H,9-10H2,1H3,(H,16,17)/b8-7+/t12?,13-/m1/s1. The molecule has 96 valence electrons. The average molecular weight is 246 g/mol. The van der Waals surface area contributed by atoms with E-state index in [-0.39, 0.29) is 18.1 Å². The molecule has 0 bridgehead atoms. The first-order chi connectivity index (χ1) is 8.79. The van der Waals surface area contributed by atoms with Gasteiger partial charge >= 0.3 is 0 Å². The Bertz CT molecular complexity index is 417. The highest BCUT2D eigenvalue weighted by molar-refractivity contribution is 5.91. The molecule has 18 heavy (non-hydrogen) atoms. The van der Waals surface area contributed by atoms with Crippen molar-refractivity contribution in [1.82, 2.24) is 10.6 Å². The van der Waals surface area contributed by atoms with Gasteiger partial charge in [0.2, 0.25) is 5.91 Å². The van der Waals surface area contributed by atoms with Gasteiger partial charge in [-0.05, 0) is 11.6 Å². The van der Waals surface area contributed by atoms with Crippen LogP contribution in [0.3, 0.4) is 0 Å². The first-order valence-corrected chi connectivity index (χ1v) is 6.07. The minimum Gasteiger partial charge on any atom is -0.378 e. The Kier molecular flexibility index (Phi) is 4.50. The zero-order valence-corrected chi connectivity index (χ0v) is 10.4. The van der Waals surface area contributed by atoms with Crippen LogP contribution in [0.4, 0.5) is 0 Å². The van der Waals surface area contributed by atoms with Gasteiger partial charge in [-0.2, -0.15) is 0 Å². The molecular weight excluding hydrogens is 228 g/mol. The summed E-state index contributed by atoms with van der Waals surface area (Å²) in [6, 6.07) is 9.80.